The standard InChI is InChI=1S/C8H14N4O2/c1-5(2)6(3)14-12-7(4-9)8(10)11-13/h5-6,13H,1-3H3,(H2,10,11). The normalized spacial score (nSPS) is 15.1. The lowest BCUT2D eigenvalue weighted by atomic mass is 10.1. The van der Waals surface area contributed by atoms with Gasteiger partial charge in [-0.25, -0.2) is 0 Å². The SMILES string of the molecule is CC(C)C(C)ON=C(C#N)C(N)=NO. The fourth-order valence-corrected chi connectivity index (χ4v) is 0.429. The van der Waals surface area contributed by atoms with Gasteiger partial charge in [0.1, 0.15) is 12.2 Å². The van der Waals surface area contributed by atoms with E-state index in [1.54, 1.807) is 6.07 Å². The molecule has 0 rings (SSSR count). The third kappa shape index (κ3) is 3.76. The van der Waals surface area contributed by atoms with E-state index in [9.17, 15) is 0 Å². The van der Waals surface area contributed by atoms with Gasteiger partial charge in [-0.05, 0) is 12.8 Å². The summed E-state index contributed by atoms with van der Waals surface area (Å²) in [6.45, 7) is 5.72. The second-order valence-electron chi connectivity index (χ2n) is 3.09. The largest absolute Gasteiger partial charge is 0.409 e. The summed E-state index contributed by atoms with van der Waals surface area (Å²) in [5.41, 5.74) is 4.92. The molecule has 0 aliphatic carbocycles. The first-order valence-electron chi connectivity index (χ1n) is 4.14. The number of hydrogen-bond donors (Lipinski definition) is 2. The van der Waals surface area contributed by atoms with Crippen molar-refractivity contribution in [3.05, 3.63) is 0 Å². The van der Waals surface area contributed by atoms with Gasteiger partial charge in [-0.2, -0.15) is 5.26 Å². The lowest BCUT2D eigenvalue weighted by Gasteiger charge is -2.12. The van der Waals surface area contributed by atoms with Gasteiger partial charge in [-0.15, -0.1) is 0 Å². The van der Waals surface area contributed by atoms with Crippen molar-refractivity contribution in [3.8, 4) is 6.07 Å². The van der Waals surface area contributed by atoms with Gasteiger partial charge in [0.15, 0.2) is 0 Å². The Labute approximate surface area is 82.6 Å². The van der Waals surface area contributed by atoms with Crippen molar-refractivity contribution in [1.29, 1.82) is 5.26 Å². The van der Waals surface area contributed by atoms with E-state index >= 15 is 0 Å². The molecule has 0 heterocycles. The van der Waals surface area contributed by atoms with Crippen molar-refractivity contribution in [2.45, 2.75) is 26.9 Å². The minimum atomic E-state index is -0.358. The maximum absolute atomic E-state index is 8.55. The fraction of sp³-hybridized carbons (Fsp3) is 0.625. The Morgan fingerprint density at radius 2 is 2.07 bits per heavy atom. The number of rotatable bonds is 4. The molecule has 0 aliphatic rings. The smallest absolute Gasteiger partial charge is 0.224 e. The number of nitrogens with zero attached hydrogens (tertiary/aromatic N) is 3. The average Bonchev–Trinajstić information content (AvgIpc) is 2.17. The van der Waals surface area contributed by atoms with Crippen molar-refractivity contribution in [3.63, 3.8) is 0 Å². The van der Waals surface area contributed by atoms with Gasteiger partial charge in [-0.3, -0.25) is 0 Å². The van der Waals surface area contributed by atoms with Crippen LogP contribution in [0.15, 0.2) is 10.3 Å². The van der Waals surface area contributed by atoms with Gasteiger partial charge in [0.05, 0.1) is 0 Å². The van der Waals surface area contributed by atoms with Gasteiger partial charge in [0.25, 0.3) is 0 Å². The van der Waals surface area contributed by atoms with Crippen molar-refractivity contribution in [1.82, 2.24) is 0 Å². The van der Waals surface area contributed by atoms with E-state index in [1.807, 2.05) is 20.8 Å². The molecule has 0 fully saturated rings. The summed E-state index contributed by atoms with van der Waals surface area (Å²) in [6.07, 6.45) is -0.134. The Morgan fingerprint density at radius 1 is 1.50 bits per heavy atom. The summed E-state index contributed by atoms with van der Waals surface area (Å²) in [4.78, 5) is 4.97. The molecule has 1 unspecified atom stereocenters. The van der Waals surface area contributed by atoms with Crippen LogP contribution in [0, 0.1) is 17.2 Å². The van der Waals surface area contributed by atoms with Gasteiger partial charge in [0.2, 0.25) is 11.5 Å². The average molecular weight is 198 g/mol. The molecule has 0 bridgehead atoms. The van der Waals surface area contributed by atoms with E-state index in [0.717, 1.165) is 0 Å². The van der Waals surface area contributed by atoms with E-state index < -0.39 is 0 Å². The second-order valence-corrected chi connectivity index (χ2v) is 3.09. The zero-order valence-electron chi connectivity index (χ0n) is 8.43. The molecule has 0 aromatic carbocycles. The summed E-state index contributed by atoms with van der Waals surface area (Å²) in [5.74, 6) is -0.0885. The quantitative estimate of drug-likeness (QED) is 0.300. The zero-order valence-corrected chi connectivity index (χ0v) is 8.43. The first-order valence-corrected chi connectivity index (χ1v) is 4.14. The van der Waals surface area contributed by atoms with Crippen LogP contribution in [0.25, 0.3) is 0 Å². The lowest BCUT2D eigenvalue weighted by Crippen LogP contribution is -2.24. The number of amidine groups is 1. The van der Waals surface area contributed by atoms with E-state index in [1.165, 1.54) is 0 Å². The van der Waals surface area contributed by atoms with Crippen LogP contribution in [-0.2, 0) is 4.84 Å². The van der Waals surface area contributed by atoms with Crippen LogP contribution in [0.3, 0.4) is 0 Å². The Hall–Kier alpha value is -1.77. The molecular weight excluding hydrogens is 184 g/mol. The molecule has 0 radical (unpaired) electrons. The van der Waals surface area contributed by atoms with Crippen molar-refractivity contribution in [2.24, 2.45) is 22.0 Å². The molecule has 3 N–H and O–H groups in total. The van der Waals surface area contributed by atoms with E-state index in [0.29, 0.717) is 0 Å². The molecular formula is C8H14N4O2. The minimum Gasteiger partial charge on any atom is -0.409 e. The fourth-order valence-electron chi connectivity index (χ4n) is 0.429. The summed E-state index contributed by atoms with van der Waals surface area (Å²) in [7, 11) is 0. The molecule has 0 spiro atoms. The Kier molecular flexibility index (Phi) is 5.07. The second kappa shape index (κ2) is 5.80. The lowest BCUT2D eigenvalue weighted by molar-refractivity contribution is 0.0410. The van der Waals surface area contributed by atoms with Crippen LogP contribution in [-0.4, -0.2) is 22.9 Å². The van der Waals surface area contributed by atoms with Crippen LogP contribution in [0.4, 0.5) is 0 Å². The molecule has 0 amide bonds. The van der Waals surface area contributed by atoms with Crippen molar-refractivity contribution < 1.29 is 10.0 Å². The van der Waals surface area contributed by atoms with Crippen LogP contribution >= 0.6 is 0 Å². The van der Waals surface area contributed by atoms with Crippen molar-refractivity contribution in [2.75, 3.05) is 0 Å². The summed E-state index contributed by atoms with van der Waals surface area (Å²) in [6, 6.07) is 1.66. The first kappa shape index (κ1) is 12.2. The van der Waals surface area contributed by atoms with Gasteiger partial charge in [0, 0.05) is 0 Å². The van der Waals surface area contributed by atoms with Gasteiger partial charge in [-0.1, -0.05) is 24.2 Å². The number of hydrogen-bond acceptors (Lipinski definition) is 5. The zero-order chi connectivity index (χ0) is 11.1. The molecule has 0 aliphatic heterocycles. The summed E-state index contributed by atoms with van der Waals surface area (Å²) < 4.78 is 0. The van der Waals surface area contributed by atoms with E-state index in [4.69, 9.17) is 21.0 Å². The molecule has 14 heavy (non-hydrogen) atoms. The molecule has 1 atom stereocenters. The number of oxime groups is 2. The Balaban J connectivity index is 4.43. The summed E-state index contributed by atoms with van der Waals surface area (Å²) >= 11 is 0. The highest BCUT2D eigenvalue weighted by Gasteiger charge is 2.10. The van der Waals surface area contributed by atoms with Crippen LogP contribution in [0.2, 0.25) is 0 Å². The minimum absolute atomic E-state index is 0.134. The highest BCUT2D eigenvalue weighted by Crippen LogP contribution is 2.05. The molecule has 78 valence electrons. The number of nitriles is 1. The summed E-state index contributed by atoms with van der Waals surface area (Å²) in [5, 5.41) is 22.9. The highest BCUT2D eigenvalue weighted by atomic mass is 16.6. The molecule has 0 aromatic heterocycles. The Bertz CT molecular complexity index is 278. The van der Waals surface area contributed by atoms with E-state index in [-0.39, 0.29) is 23.6 Å². The van der Waals surface area contributed by atoms with Crippen LogP contribution in [0.1, 0.15) is 20.8 Å². The molecule has 0 aromatic rings. The predicted molar refractivity (Wildman–Crippen MR) is 51.8 cm³/mol. The first-order chi connectivity index (χ1) is 6.52. The van der Waals surface area contributed by atoms with Gasteiger partial charge < -0.3 is 15.8 Å². The Morgan fingerprint density at radius 3 is 2.43 bits per heavy atom. The maximum Gasteiger partial charge on any atom is 0.224 e. The molecule has 0 saturated heterocycles. The monoisotopic (exact) mass is 198 g/mol. The third-order valence-electron chi connectivity index (χ3n) is 1.71. The van der Waals surface area contributed by atoms with E-state index in [2.05, 4.69) is 10.3 Å². The van der Waals surface area contributed by atoms with Crippen LogP contribution < -0.4 is 5.73 Å². The highest BCUT2D eigenvalue weighted by molar-refractivity contribution is 6.46. The molecule has 6 heteroatoms. The predicted octanol–water partition coefficient (Wildman–Crippen LogP) is 0.673. The number of nitrogens with two attached hydrogens (primary N) is 1. The topological polar surface area (TPSA) is 104 Å². The van der Waals surface area contributed by atoms with Gasteiger partial charge >= 0.3 is 0 Å². The molecule has 0 saturated carbocycles. The maximum atomic E-state index is 8.55. The van der Waals surface area contributed by atoms with Crippen molar-refractivity contribution >= 4 is 11.5 Å². The van der Waals surface area contributed by atoms with Crippen LogP contribution in [0.5, 0.6) is 0 Å². The molecule has 6 nitrogen and oxygen atoms in total. The third-order valence-corrected chi connectivity index (χ3v) is 1.71.